The molecule has 0 bridgehead atoms. The Hall–Kier alpha value is -0.270. The molecule has 1 heterocycles. The van der Waals surface area contributed by atoms with E-state index in [9.17, 15) is 4.39 Å². The second-order valence-electron chi connectivity index (χ2n) is 3.44. The summed E-state index contributed by atoms with van der Waals surface area (Å²) in [4.78, 5) is 0. The Morgan fingerprint density at radius 2 is 1.94 bits per heavy atom. The minimum absolute atomic E-state index is 0.175. The van der Waals surface area contributed by atoms with E-state index in [0.29, 0.717) is 4.47 Å². The van der Waals surface area contributed by atoms with Gasteiger partial charge in [-0.25, -0.2) is 9.82 Å². The van der Waals surface area contributed by atoms with E-state index in [2.05, 4.69) is 37.3 Å². The number of nitrogens with two attached hydrogens (primary N) is 1. The van der Waals surface area contributed by atoms with E-state index >= 15 is 0 Å². The van der Waals surface area contributed by atoms with E-state index in [1.165, 1.54) is 12.1 Å². The average molecular weight is 380 g/mol. The minimum Gasteiger partial charge on any atom is -0.271 e. The summed E-state index contributed by atoms with van der Waals surface area (Å²) in [5.41, 5.74) is 4.67. The first kappa shape index (κ1) is 13.2. The Labute approximate surface area is 119 Å². The van der Waals surface area contributed by atoms with Gasteiger partial charge < -0.3 is 0 Å². The first-order chi connectivity index (χ1) is 8.13. The average Bonchev–Trinajstić information content (AvgIpc) is 2.69. The van der Waals surface area contributed by atoms with Crippen molar-refractivity contribution >= 4 is 43.2 Å². The topological polar surface area (TPSA) is 38.0 Å². The van der Waals surface area contributed by atoms with E-state index in [1.807, 2.05) is 10.8 Å². The first-order valence-electron chi connectivity index (χ1n) is 4.76. The third kappa shape index (κ3) is 2.77. The summed E-state index contributed by atoms with van der Waals surface area (Å²) in [5, 5.41) is 3.99. The lowest BCUT2D eigenvalue weighted by molar-refractivity contribution is 0.613. The molecule has 0 spiro atoms. The van der Waals surface area contributed by atoms with Crippen molar-refractivity contribution < 1.29 is 4.39 Å². The van der Waals surface area contributed by atoms with Gasteiger partial charge in [-0.2, -0.15) is 11.3 Å². The Morgan fingerprint density at radius 1 is 1.18 bits per heavy atom. The maximum atomic E-state index is 13.0. The molecule has 0 radical (unpaired) electrons. The number of halogens is 3. The molecule has 1 unspecified atom stereocenters. The van der Waals surface area contributed by atoms with Crippen LogP contribution in [-0.2, 0) is 0 Å². The highest BCUT2D eigenvalue weighted by atomic mass is 79.9. The Kier molecular flexibility index (Phi) is 4.32. The van der Waals surface area contributed by atoms with Gasteiger partial charge in [0.2, 0.25) is 0 Å². The van der Waals surface area contributed by atoms with Crippen molar-refractivity contribution in [3.8, 4) is 0 Å². The zero-order valence-corrected chi connectivity index (χ0v) is 12.6. The van der Waals surface area contributed by atoms with E-state index in [-0.39, 0.29) is 11.9 Å². The van der Waals surface area contributed by atoms with Crippen LogP contribution in [-0.4, -0.2) is 0 Å². The Morgan fingerprint density at radius 3 is 2.47 bits per heavy atom. The molecule has 2 nitrogen and oxygen atoms in total. The molecule has 0 saturated heterocycles. The SMILES string of the molecule is NNC(c1ccc(F)cc1Br)c1cscc1Br. The monoisotopic (exact) mass is 378 g/mol. The van der Waals surface area contributed by atoms with Gasteiger partial charge >= 0.3 is 0 Å². The van der Waals surface area contributed by atoms with Crippen LogP contribution in [0.25, 0.3) is 0 Å². The van der Waals surface area contributed by atoms with E-state index in [4.69, 9.17) is 5.84 Å². The first-order valence-corrected chi connectivity index (χ1v) is 7.29. The van der Waals surface area contributed by atoms with Gasteiger partial charge in [-0.3, -0.25) is 5.84 Å². The highest BCUT2D eigenvalue weighted by Gasteiger charge is 2.18. The van der Waals surface area contributed by atoms with Crippen LogP contribution in [0.4, 0.5) is 4.39 Å². The Balaban J connectivity index is 2.46. The quantitative estimate of drug-likeness (QED) is 0.625. The molecule has 0 aliphatic rings. The normalized spacial score (nSPS) is 12.7. The number of rotatable bonds is 3. The third-order valence-electron chi connectivity index (χ3n) is 2.39. The summed E-state index contributed by atoms with van der Waals surface area (Å²) in [6.45, 7) is 0. The molecule has 2 rings (SSSR count). The fraction of sp³-hybridized carbons (Fsp3) is 0.0909. The summed E-state index contributed by atoms with van der Waals surface area (Å²) in [6.07, 6.45) is 0. The van der Waals surface area contributed by atoms with Gasteiger partial charge in [0, 0.05) is 14.3 Å². The van der Waals surface area contributed by atoms with Crippen LogP contribution < -0.4 is 11.3 Å². The molecule has 1 aromatic carbocycles. The fourth-order valence-electron chi connectivity index (χ4n) is 1.58. The molecule has 90 valence electrons. The minimum atomic E-state index is -0.277. The van der Waals surface area contributed by atoms with Crippen molar-refractivity contribution in [2.45, 2.75) is 6.04 Å². The van der Waals surface area contributed by atoms with E-state index < -0.39 is 0 Å². The van der Waals surface area contributed by atoms with Crippen LogP contribution in [0.1, 0.15) is 17.2 Å². The van der Waals surface area contributed by atoms with Gasteiger partial charge in [0.15, 0.2) is 0 Å². The van der Waals surface area contributed by atoms with Crippen LogP contribution in [0, 0.1) is 5.82 Å². The summed E-state index contributed by atoms with van der Waals surface area (Å²) in [6, 6.07) is 4.39. The fourth-order valence-corrected chi connectivity index (χ4v) is 3.71. The predicted molar refractivity (Wildman–Crippen MR) is 75.3 cm³/mol. The van der Waals surface area contributed by atoms with E-state index in [0.717, 1.165) is 15.6 Å². The molecule has 0 aliphatic carbocycles. The molecule has 0 aliphatic heterocycles. The van der Waals surface area contributed by atoms with Crippen LogP contribution in [0.3, 0.4) is 0 Å². The third-order valence-corrected chi connectivity index (χ3v) is 4.83. The zero-order chi connectivity index (χ0) is 12.4. The summed E-state index contributed by atoms with van der Waals surface area (Å²) < 4.78 is 14.7. The van der Waals surface area contributed by atoms with Gasteiger partial charge in [-0.05, 0) is 44.6 Å². The van der Waals surface area contributed by atoms with Crippen molar-refractivity contribution in [3.63, 3.8) is 0 Å². The van der Waals surface area contributed by atoms with Crippen molar-refractivity contribution in [2.75, 3.05) is 0 Å². The molecule has 0 fully saturated rings. The molecule has 3 N–H and O–H groups in total. The van der Waals surface area contributed by atoms with Crippen molar-refractivity contribution in [2.24, 2.45) is 5.84 Å². The second-order valence-corrected chi connectivity index (χ2v) is 5.89. The molecule has 6 heteroatoms. The second kappa shape index (κ2) is 5.58. The smallest absolute Gasteiger partial charge is 0.124 e. The van der Waals surface area contributed by atoms with Crippen LogP contribution in [0.5, 0.6) is 0 Å². The highest BCUT2D eigenvalue weighted by molar-refractivity contribution is 9.10. The number of hydrazine groups is 1. The molecule has 2 aromatic rings. The van der Waals surface area contributed by atoms with Crippen LogP contribution >= 0.6 is 43.2 Å². The summed E-state index contributed by atoms with van der Waals surface area (Å²) >= 11 is 8.40. The molecule has 17 heavy (non-hydrogen) atoms. The van der Waals surface area contributed by atoms with E-state index in [1.54, 1.807) is 17.4 Å². The standard InChI is InChI=1S/C11H9Br2FN2S/c12-9-3-6(14)1-2-7(9)11(16-15)8-4-17-5-10(8)13/h1-5,11,16H,15H2. The zero-order valence-electron chi connectivity index (χ0n) is 8.58. The number of hydrogen-bond acceptors (Lipinski definition) is 3. The van der Waals surface area contributed by atoms with Gasteiger partial charge in [-0.15, -0.1) is 0 Å². The molecule has 0 amide bonds. The van der Waals surface area contributed by atoms with Crippen molar-refractivity contribution in [1.29, 1.82) is 0 Å². The van der Waals surface area contributed by atoms with Crippen molar-refractivity contribution in [3.05, 3.63) is 54.8 Å². The molecule has 1 aromatic heterocycles. The number of benzene rings is 1. The predicted octanol–water partition coefficient (Wildman–Crippen LogP) is 3.96. The van der Waals surface area contributed by atoms with Gasteiger partial charge in [-0.1, -0.05) is 22.0 Å². The molecular formula is C11H9Br2FN2S. The van der Waals surface area contributed by atoms with Gasteiger partial charge in [0.05, 0.1) is 6.04 Å². The lowest BCUT2D eigenvalue weighted by atomic mass is 10.0. The summed E-state index contributed by atoms with van der Waals surface area (Å²) in [7, 11) is 0. The lowest BCUT2D eigenvalue weighted by Crippen LogP contribution is -2.29. The maximum Gasteiger partial charge on any atom is 0.124 e. The lowest BCUT2D eigenvalue weighted by Gasteiger charge is -2.17. The van der Waals surface area contributed by atoms with Gasteiger partial charge in [0.1, 0.15) is 5.82 Å². The highest BCUT2D eigenvalue weighted by Crippen LogP contribution is 2.34. The maximum absolute atomic E-state index is 13.0. The van der Waals surface area contributed by atoms with Crippen molar-refractivity contribution in [1.82, 2.24) is 5.43 Å². The number of thiophene rings is 1. The van der Waals surface area contributed by atoms with Crippen LogP contribution in [0.15, 0.2) is 37.9 Å². The molecular weight excluding hydrogens is 371 g/mol. The largest absolute Gasteiger partial charge is 0.271 e. The molecule has 0 saturated carbocycles. The molecule has 1 atom stereocenters. The summed E-state index contributed by atoms with van der Waals surface area (Å²) in [5.74, 6) is 5.31. The number of hydrogen-bond donors (Lipinski definition) is 2. The van der Waals surface area contributed by atoms with Crippen LogP contribution in [0.2, 0.25) is 0 Å². The van der Waals surface area contributed by atoms with Gasteiger partial charge in [0.25, 0.3) is 0 Å². The number of nitrogens with one attached hydrogen (secondary N) is 1. The Bertz CT molecular complexity index is 530.